The molecule has 15 heavy (non-hydrogen) atoms. The van der Waals surface area contributed by atoms with Crippen molar-refractivity contribution in [2.45, 2.75) is 46.6 Å². The molecule has 0 aromatic rings. The third-order valence-corrected chi connectivity index (χ3v) is 3.46. The maximum absolute atomic E-state index is 11.9. The molecule has 0 bridgehead atoms. The van der Waals surface area contributed by atoms with Crippen molar-refractivity contribution < 1.29 is 4.79 Å². The van der Waals surface area contributed by atoms with E-state index >= 15 is 0 Å². The van der Waals surface area contributed by atoms with Crippen molar-refractivity contribution in [1.82, 2.24) is 5.32 Å². The van der Waals surface area contributed by atoms with Crippen LogP contribution in [0.25, 0.3) is 0 Å². The van der Waals surface area contributed by atoms with E-state index in [0.29, 0.717) is 12.5 Å². The summed E-state index contributed by atoms with van der Waals surface area (Å²) in [5.41, 5.74) is 5.68. The Morgan fingerprint density at radius 1 is 1.47 bits per heavy atom. The lowest BCUT2D eigenvalue weighted by Crippen LogP contribution is -2.46. The molecule has 0 heterocycles. The SMILES string of the molecule is CC(C(=O)NC(CN)C1CC1)C(C)(C)C. The summed E-state index contributed by atoms with van der Waals surface area (Å²) in [7, 11) is 0. The first-order valence-electron chi connectivity index (χ1n) is 5.86. The third kappa shape index (κ3) is 3.49. The van der Waals surface area contributed by atoms with Crippen LogP contribution in [0.3, 0.4) is 0 Å². The van der Waals surface area contributed by atoms with E-state index in [1.54, 1.807) is 0 Å². The summed E-state index contributed by atoms with van der Waals surface area (Å²) in [6.45, 7) is 8.81. The zero-order valence-corrected chi connectivity index (χ0v) is 10.3. The number of hydrogen-bond donors (Lipinski definition) is 2. The van der Waals surface area contributed by atoms with Crippen LogP contribution < -0.4 is 11.1 Å². The van der Waals surface area contributed by atoms with E-state index in [4.69, 9.17) is 5.73 Å². The molecule has 3 nitrogen and oxygen atoms in total. The van der Waals surface area contributed by atoms with Crippen molar-refractivity contribution >= 4 is 5.91 Å². The summed E-state index contributed by atoms with van der Waals surface area (Å²) < 4.78 is 0. The molecule has 0 aromatic heterocycles. The Morgan fingerprint density at radius 3 is 2.33 bits per heavy atom. The first kappa shape index (κ1) is 12.5. The first-order valence-corrected chi connectivity index (χ1v) is 5.86. The van der Waals surface area contributed by atoms with Crippen molar-refractivity contribution in [2.75, 3.05) is 6.54 Å². The van der Waals surface area contributed by atoms with Gasteiger partial charge in [0, 0.05) is 18.5 Å². The van der Waals surface area contributed by atoms with Gasteiger partial charge in [-0.1, -0.05) is 27.7 Å². The largest absolute Gasteiger partial charge is 0.352 e. The van der Waals surface area contributed by atoms with E-state index in [1.165, 1.54) is 12.8 Å². The fraction of sp³-hybridized carbons (Fsp3) is 0.917. The number of amides is 1. The van der Waals surface area contributed by atoms with Crippen molar-refractivity contribution in [1.29, 1.82) is 0 Å². The normalized spacial score (nSPS) is 20.9. The van der Waals surface area contributed by atoms with Crippen LogP contribution in [0.2, 0.25) is 0 Å². The molecule has 3 N–H and O–H groups in total. The van der Waals surface area contributed by atoms with Crippen LogP contribution in [0.15, 0.2) is 0 Å². The quantitative estimate of drug-likeness (QED) is 0.742. The molecular weight excluding hydrogens is 188 g/mol. The van der Waals surface area contributed by atoms with Gasteiger partial charge in [0.15, 0.2) is 0 Å². The number of nitrogens with one attached hydrogen (secondary N) is 1. The van der Waals surface area contributed by atoms with Crippen molar-refractivity contribution in [2.24, 2.45) is 23.0 Å². The van der Waals surface area contributed by atoms with Crippen LogP contribution in [0.5, 0.6) is 0 Å². The van der Waals surface area contributed by atoms with Crippen LogP contribution in [-0.2, 0) is 4.79 Å². The molecule has 2 unspecified atom stereocenters. The molecule has 1 rings (SSSR count). The second-order valence-electron chi connectivity index (χ2n) is 5.78. The van der Waals surface area contributed by atoms with E-state index in [2.05, 4.69) is 26.1 Å². The fourth-order valence-corrected chi connectivity index (χ4v) is 1.57. The topological polar surface area (TPSA) is 55.1 Å². The third-order valence-electron chi connectivity index (χ3n) is 3.46. The fourth-order valence-electron chi connectivity index (χ4n) is 1.57. The average Bonchev–Trinajstić information content (AvgIpc) is 2.94. The van der Waals surface area contributed by atoms with E-state index in [0.717, 1.165) is 0 Å². The molecule has 0 radical (unpaired) electrons. The van der Waals surface area contributed by atoms with Gasteiger partial charge < -0.3 is 11.1 Å². The minimum absolute atomic E-state index is 0.0206. The zero-order valence-electron chi connectivity index (χ0n) is 10.3. The molecular formula is C12H24N2O. The van der Waals surface area contributed by atoms with Gasteiger partial charge in [-0.3, -0.25) is 4.79 Å². The smallest absolute Gasteiger partial charge is 0.223 e. The maximum atomic E-state index is 11.9. The van der Waals surface area contributed by atoms with Gasteiger partial charge in [0.2, 0.25) is 5.91 Å². The van der Waals surface area contributed by atoms with Crippen LogP contribution in [0.1, 0.15) is 40.5 Å². The van der Waals surface area contributed by atoms with E-state index < -0.39 is 0 Å². The second-order valence-corrected chi connectivity index (χ2v) is 5.78. The van der Waals surface area contributed by atoms with Crippen LogP contribution in [0.4, 0.5) is 0 Å². The molecule has 1 aliphatic rings. The molecule has 1 amide bonds. The Balaban J connectivity index is 2.46. The van der Waals surface area contributed by atoms with Gasteiger partial charge in [-0.05, 0) is 24.2 Å². The number of carbonyl (C=O) groups is 1. The van der Waals surface area contributed by atoms with Gasteiger partial charge in [-0.15, -0.1) is 0 Å². The van der Waals surface area contributed by atoms with E-state index in [-0.39, 0.29) is 23.3 Å². The highest BCUT2D eigenvalue weighted by Crippen LogP contribution is 2.33. The Bertz CT molecular complexity index is 228. The van der Waals surface area contributed by atoms with Crippen molar-refractivity contribution in [3.63, 3.8) is 0 Å². The standard InChI is InChI=1S/C12H24N2O/c1-8(12(2,3)4)11(15)14-10(7-13)9-5-6-9/h8-10H,5-7,13H2,1-4H3,(H,14,15). The molecule has 3 heteroatoms. The second kappa shape index (κ2) is 4.52. The molecule has 1 fully saturated rings. The molecule has 2 atom stereocenters. The summed E-state index contributed by atoms with van der Waals surface area (Å²) in [6.07, 6.45) is 2.43. The first-order chi connectivity index (χ1) is 6.86. The lowest BCUT2D eigenvalue weighted by Gasteiger charge is -2.28. The predicted molar refractivity (Wildman–Crippen MR) is 62.3 cm³/mol. The van der Waals surface area contributed by atoms with Gasteiger partial charge in [0.1, 0.15) is 0 Å². The van der Waals surface area contributed by atoms with E-state index in [9.17, 15) is 4.79 Å². The van der Waals surface area contributed by atoms with Crippen molar-refractivity contribution in [3.8, 4) is 0 Å². The van der Waals surface area contributed by atoms with Gasteiger partial charge >= 0.3 is 0 Å². The summed E-state index contributed by atoms with van der Waals surface area (Å²) >= 11 is 0. The highest BCUT2D eigenvalue weighted by molar-refractivity contribution is 5.79. The van der Waals surface area contributed by atoms with E-state index in [1.807, 2.05) is 6.92 Å². The molecule has 1 aliphatic carbocycles. The number of carbonyl (C=O) groups excluding carboxylic acids is 1. The molecule has 0 spiro atoms. The summed E-state index contributed by atoms with van der Waals surface area (Å²) in [5, 5.41) is 3.07. The number of rotatable bonds is 4. The maximum Gasteiger partial charge on any atom is 0.223 e. The summed E-state index contributed by atoms with van der Waals surface area (Å²) in [5.74, 6) is 0.807. The Labute approximate surface area is 92.8 Å². The molecule has 0 aliphatic heterocycles. The van der Waals surface area contributed by atoms with Crippen LogP contribution >= 0.6 is 0 Å². The van der Waals surface area contributed by atoms with Crippen molar-refractivity contribution in [3.05, 3.63) is 0 Å². The predicted octanol–water partition coefficient (Wildman–Crippen LogP) is 1.52. The molecule has 0 saturated heterocycles. The molecule has 88 valence electrons. The summed E-state index contributed by atoms with van der Waals surface area (Å²) in [6, 6.07) is 0.197. The zero-order chi connectivity index (χ0) is 11.6. The number of hydrogen-bond acceptors (Lipinski definition) is 2. The van der Waals surface area contributed by atoms with Gasteiger partial charge in [-0.25, -0.2) is 0 Å². The summed E-state index contributed by atoms with van der Waals surface area (Å²) in [4.78, 5) is 11.9. The monoisotopic (exact) mass is 212 g/mol. The lowest BCUT2D eigenvalue weighted by molar-refractivity contribution is -0.128. The highest BCUT2D eigenvalue weighted by Gasteiger charge is 2.34. The minimum atomic E-state index is 0.0206. The lowest BCUT2D eigenvalue weighted by atomic mass is 9.81. The highest BCUT2D eigenvalue weighted by atomic mass is 16.2. The van der Waals surface area contributed by atoms with Crippen LogP contribution in [0, 0.1) is 17.3 Å². The van der Waals surface area contributed by atoms with Gasteiger partial charge in [0.05, 0.1) is 0 Å². The Morgan fingerprint density at radius 2 is 2.00 bits per heavy atom. The Hall–Kier alpha value is -0.570. The molecule has 1 saturated carbocycles. The van der Waals surface area contributed by atoms with Gasteiger partial charge in [0.25, 0.3) is 0 Å². The van der Waals surface area contributed by atoms with Gasteiger partial charge in [-0.2, -0.15) is 0 Å². The minimum Gasteiger partial charge on any atom is -0.352 e. The molecule has 0 aromatic carbocycles. The van der Waals surface area contributed by atoms with Crippen LogP contribution in [-0.4, -0.2) is 18.5 Å². The Kier molecular flexibility index (Phi) is 3.77. The average molecular weight is 212 g/mol. The number of nitrogens with two attached hydrogens (primary N) is 1.